The van der Waals surface area contributed by atoms with Crippen LogP contribution in [0.1, 0.15) is 47.0 Å². The standard InChI is InChI=1S/C11H22F3N/c1-5-9(4)8-10(6-2,15-7-3)11(12,13)14/h9,15H,5-8H2,1-4H3. The molecule has 2 unspecified atom stereocenters. The molecule has 2 atom stereocenters. The van der Waals surface area contributed by atoms with E-state index >= 15 is 0 Å². The van der Waals surface area contributed by atoms with Crippen LogP contribution < -0.4 is 5.32 Å². The van der Waals surface area contributed by atoms with Crippen LogP contribution in [0, 0.1) is 5.92 Å². The van der Waals surface area contributed by atoms with Gasteiger partial charge in [0.05, 0.1) is 0 Å². The highest BCUT2D eigenvalue weighted by Gasteiger charge is 2.52. The number of rotatable bonds is 6. The molecule has 15 heavy (non-hydrogen) atoms. The van der Waals surface area contributed by atoms with E-state index in [9.17, 15) is 13.2 Å². The molecular formula is C11H22F3N. The zero-order valence-corrected chi connectivity index (χ0v) is 10.0. The molecule has 0 aromatic carbocycles. The molecule has 0 aliphatic rings. The van der Waals surface area contributed by atoms with Crippen LogP contribution in [0.3, 0.4) is 0 Å². The predicted octanol–water partition coefficient (Wildman–Crippen LogP) is 3.74. The summed E-state index contributed by atoms with van der Waals surface area (Å²) in [5, 5.41) is 2.63. The summed E-state index contributed by atoms with van der Waals surface area (Å²) in [5.74, 6) is 0.0885. The van der Waals surface area contributed by atoms with Crippen molar-refractivity contribution in [3.05, 3.63) is 0 Å². The van der Waals surface area contributed by atoms with Crippen LogP contribution in [0.25, 0.3) is 0 Å². The molecule has 0 radical (unpaired) electrons. The lowest BCUT2D eigenvalue weighted by Crippen LogP contribution is -2.57. The van der Waals surface area contributed by atoms with Gasteiger partial charge in [0.25, 0.3) is 0 Å². The van der Waals surface area contributed by atoms with Gasteiger partial charge >= 0.3 is 6.18 Å². The van der Waals surface area contributed by atoms with Gasteiger partial charge in [-0.3, -0.25) is 0 Å². The summed E-state index contributed by atoms with van der Waals surface area (Å²) in [5.41, 5.74) is -1.70. The molecule has 0 saturated carbocycles. The van der Waals surface area contributed by atoms with Crippen molar-refractivity contribution >= 4 is 0 Å². The predicted molar refractivity (Wildman–Crippen MR) is 56.8 cm³/mol. The van der Waals surface area contributed by atoms with Gasteiger partial charge in [-0.25, -0.2) is 0 Å². The highest BCUT2D eigenvalue weighted by Crippen LogP contribution is 2.38. The van der Waals surface area contributed by atoms with Crippen molar-refractivity contribution in [3.63, 3.8) is 0 Å². The molecule has 0 aliphatic carbocycles. The highest BCUT2D eigenvalue weighted by molar-refractivity contribution is 4.94. The summed E-state index contributed by atoms with van der Waals surface area (Å²) in [6.45, 7) is 7.45. The normalized spacial score (nSPS) is 18.6. The molecule has 0 rings (SSSR count). The maximum atomic E-state index is 13.0. The van der Waals surface area contributed by atoms with Crippen LogP contribution in [-0.4, -0.2) is 18.3 Å². The largest absolute Gasteiger partial charge is 0.406 e. The maximum absolute atomic E-state index is 13.0. The smallest absolute Gasteiger partial charge is 0.304 e. The molecule has 0 aromatic heterocycles. The van der Waals surface area contributed by atoms with Gasteiger partial charge in [-0.1, -0.05) is 34.1 Å². The van der Waals surface area contributed by atoms with Crippen LogP contribution in [0.2, 0.25) is 0 Å². The van der Waals surface area contributed by atoms with Crippen molar-refractivity contribution < 1.29 is 13.2 Å². The quantitative estimate of drug-likeness (QED) is 0.726. The number of hydrogen-bond acceptors (Lipinski definition) is 1. The lowest BCUT2D eigenvalue weighted by Gasteiger charge is -2.37. The summed E-state index contributed by atoms with van der Waals surface area (Å²) < 4.78 is 39.0. The van der Waals surface area contributed by atoms with Crippen molar-refractivity contribution in [2.45, 2.75) is 58.7 Å². The number of alkyl halides is 3. The minimum atomic E-state index is -4.17. The van der Waals surface area contributed by atoms with Crippen LogP contribution in [-0.2, 0) is 0 Å². The van der Waals surface area contributed by atoms with E-state index in [-0.39, 0.29) is 18.8 Å². The minimum Gasteiger partial charge on any atom is -0.304 e. The molecule has 0 bridgehead atoms. The van der Waals surface area contributed by atoms with E-state index in [1.165, 1.54) is 0 Å². The van der Waals surface area contributed by atoms with E-state index in [0.717, 1.165) is 6.42 Å². The molecule has 0 fully saturated rings. The maximum Gasteiger partial charge on any atom is 0.406 e. The van der Waals surface area contributed by atoms with Gasteiger partial charge < -0.3 is 5.32 Å². The van der Waals surface area contributed by atoms with Crippen molar-refractivity contribution in [2.75, 3.05) is 6.54 Å². The SMILES string of the molecule is CCNC(CC)(CC(C)CC)C(F)(F)F. The highest BCUT2D eigenvalue weighted by atomic mass is 19.4. The van der Waals surface area contributed by atoms with Gasteiger partial charge in [-0.05, 0) is 25.3 Å². The van der Waals surface area contributed by atoms with Gasteiger partial charge in [-0.2, -0.15) is 13.2 Å². The number of halogens is 3. The molecule has 0 spiro atoms. The zero-order chi connectivity index (χ0) is 12.1. The molecule has 0 heterocycles. The second kappa shape index (κ2) is 5.73. The third-order valence-electron chi connectivity index (χ3n) is 3.06. The lowest BCUT2D eigenvalue weighted by atomic mass is 9.84. The Morgan fingerprint density at radius 1 is 1.13 bits per heavy atom. The number of nitrogens with one attached hydrogen (secondary N) is 1. The van der Waals surface area contributed by atoms with Gasteiger partial charge in [-0.15, -0.1) is 0 Å². The first kappa shape index (κ1) is 14.8. The summed E-state index contributed by atoms with van der Waals surface area (Å²) in [4.78, 5) is 0. The Balaban J connectivity index is 4.81. The van der Waals surface area contributed by atoms with E-state index in [2.05, 4.69) is 5.32 Å². The van der Waals surface area contributed by atoms with Crippen LogP contribution in [0.15, 0.2) is 0 Å². The van der Waals surface area contributed by atoms with E-state index in [1.54, 1.807) is 13.8 Å². The Kier molecular flexibility index (Phi) is 5.63. The van der Waals surface area contributed by atoms with Crippen molar-refractivity contribution in [3.8, 4) is 0 Å². The number of hydrogen-bond donors (Lipinski definition) is 1. The van der Waals surface area contributed by atoms with Gasteiger partial charge in [0.2, 0.25) is 0 Å². The Bertz CT molecular complexity index is 179. The molecule has 0 saturated heterocycles. The first-order valence-corrected chi connectivity index (χ1v) is 5.64. The summed E-state index contributed by atoms with van der Waals surface area (Å²) in [7, 11) is 0. The average molecular weight is 225 g/mol. The molecule has 1 nitrogen and oxygen atoms in total. The second-order valence-electron chi connectivity index (χ2n) is 4.18. The minimum absolute atomic E-state index is 0.0885. The molecule has 4 heteroatoms. The molecule has 92 valence electrons. The third kappa shape index (κ3) is 3.67. The lowest BCUT2D eigenvalue weighted by molar-refractivity contribution is -0.202. The fraction of sp³-hybridized carbons (Fsp3) is 1.00. The topological polar surface area (TPSA) is 12.0 Å². The van der Waals surface area contributed by atoms with Gasteiger partial charge in [0.1, 0.15) is 5.54 Å². The molecular weight excluding hydrogens is 203 g/mol. The fourth-order valence-electron chi connectivity index (χ4n) is 1.84. The second-order valence-corrected chi connectivity index (χ2v) is 4.18. The van der Waals surface area contributed by atoms with Gasteiger partial charge in [0, 0.05) is 0 Å². The molecule has 1 N–H and O–H groups in total. The Labute approximate surface area is 90.4 Å². The first-order chi connectivity index (χ1) is 6.83. The first-order valence-electron chi connectivity index (χ1n) is 5.64. The van der Waals surface area contributed by atoms with Crippen molar-refractivity contribution in [1.29, 1.82) is 0 Å². The fourth-order valence-corrected chi connectivity index (χ4v) is 1.84. The van der Waals surface area contributed by atoms with Crippen LogP contribution in [0.5, 0.6) is 0 Å². The van der Waals surface area contributed by atoms with Crippen molar-refractivity contribution in [2.24, 2.45) is 5.92 Å². The van der Waals surface area contributed by atoms with Crippen LogP contribution in [0.4, 0.5) is 13.2 Å². The van der Waals surface area contributed by atoms with Crippen molar-refractivity contribution in [1.82, 2.24) is 5.32 Å². The van der Waals surface area contributed by atoms with E-state index < -0.39 is 11.7 Å². The Hall–Kier alpha value is -0.250. The Morgan fingerprint density at radius 2 is 1.67 bits per heavy atom. The molecule has 0 aliphatic heterocycles. The summed E-state index contributed by atoms with van der Waals surface area (Å²) >= 11 is 0. The monoisotopic (exact) mass is 225 g/mol. The Morgan fingerprint density at radius 3 is 1.93 bits per heavy atom. The van der Waals surface area contributed by atoms with Crippen LogP contribution >= 0.6 is 0 Å². The van der Waals surface area contributed by atoms with E-state index in [0.29, 0.717) is 6.54 Å². The van der Waals surface area contributed by atoms with Gasteiger partial charge in [0.15, 0.2) is 0 Å². The third-order valence-corrected chi connectivity index (χ3v) is 3.06. The van der Waals surface area contributed by atoms with E-state index in [4.69, 9.17) is 0 Å². The van der Waals surface area contributed by atoms with E-state index in [1.807, 2.05) is 13.8 Å². The molecule has 0 amide bonds. The summed E-state index contributed by atoms with van der Waals surface area (Å²) in [6.07, 6.45) is -3.13. The zero-order valence-electron chi connectivity index (χ0n) is 10.0. The average Bonchev–Trinajstić information content (AvgIpc) is 2.15. The molecule has 0 aromatic rings. The summed E-state index contributed by atoms with van der Waals surface area (Å²) in [6, 6.07) is 0.